The summed E-state index contributed by atoms with van der Waals surface area (Å²) in [5.41, 5.74) is 3.27. The Hall–Kier alpha value is -2.89. The van der Waals surface area contributed by atoms with E-state index in [1.54, 1.807) is 4.57 Å². The Balaban J connectivity index is 2.32. The Morgan fingerprint density at radius 2 is 1.96 bits per heavy atom. The third kappa shape index (κ3) is 1.79. The lowest BCUT2D eigenvalue weighted by Crippen LogP contribution is -2.38. The first kappa shape index (κ1) is 14.7. The van der Waals surface area contributed by atoms with Gasteiger partial charge in [0.15, 0.2) is 0 Å². The summed E-state index contributed by atoms with van der Waals surface area (Å²) in [5.74, 6) is 0. The molecule has 0 unspecified atom stereocenters. The van der Waals surface area contributed by atoms with E-state index < -0.39 is 0 Å². The molecule has 0 atom stereocenters. The summed E-state index contributed by atoms with van der Waals surface area (Å²) in [4.78, 5) is 33.2. The number of hydrogen-bond donors (Lipinski definition) is 1. The molecular formula is C18H18N4O2. The third-order valence-corrected chi connectivity index (χ3v) is 4.62. The number of aryl methyl sites for hydroxylation is 2. The summed E-state index contributed by atoms with van der Waals surface area (Å²) >= 11 is 0. The molecule has 122 valence electrons. The minimum absolute atomic E-state index is 0.303. The average molecular weight is 322 g/mol. The van der Waals surface area contributed by atoms with E-state index in [0.29, 0.717) is 23.1 Å². The van der Waals surface area contributed by atoms with Crippen LogP contribution in [0, 0.1) is 6.92 Å². The van der Waals surface area contributed by atoms with E-state index in [0.717, 1.165) is 33.0 Å². The molecule has 0 spiro atoms. The molecule has 0 radical (unpaired) electrons. The van der Waals surface area contributed by atoms with Gasteiger partial charge in [0.1, 0.15) is 16.6 Å². The van der Waals surface area contributed by atoms with Gasteiger partial charge in [-0.15, -0.1) is 0 Å². The number of hydrogen-bond acceptors (Lipinski definition) is 3. The van der Waals surface area contributed by atoms with Crippen LogP contribution in [0.4, 0.5) is 0 Å². The summed E-state index contributed by atoms with van der Waals surface area (Å²) in [5, 5.41) is 1.52. The Bertz CT molecular complexity index is 1230. The zero-order valence-electron chi connectivity index (χ0n) is 13.9. The van der Waals surface area contributed by atoms with Crippen LogP contribution >= 0.6 is 0 Å². The van der Waals surface area contributed by atoms with Gasteiger partial charge in [-0.05, 0) is 25.0 Å². The molecule has 6 nitrogen and oxygen atoms in total. The van der Waals surface area contributed by atoms with Gasteiger partial charge >= 0.3 is 5.69 Å². The minimum atomic E-state index is -0.309. The van der Waals surface area contributed by atoms with Crippen molar-refractivity contribution in [3.05, 3.63) is 50.7 Å². The van der Waals surface area contributed by atoms with Crippen LogP contribution in [0.25, 0.3) is 33.0 Å². The number of H-pyrrole nitrogens is 1. The highest BCUT2D eigenvalue weighted by Crippen LogP contribution is 2.28. The van der Waals surface area contributed by atoms with E-state index in [4.69, 9.17) is 4.98 Å². The fourth-order valence-electron chi connectivity index (χ4n) is 3.37. The maximum absolute atomic E-state index is 12.7. The molecule has 6 heteroatoms. The fourth-order valence-corrected chi connectivity index (χ4v) is 3.37. The summed E-state index contributed by atoms with van der Waals surface area (Å²) in [6.45, 7) is 4.56. The quantitative estimate of drug-likeness (QED) is 0.616. The van der Waals surface area contributed by atoms with E-state index in [2.05, 4.69) is 4.98 Å². The molecule has 0 saturated heterocycles. The van der Waals surface area contributed by atoms with Crippen molar-refractivity contribution in [3.8, 4) is 0 Å². The highest BCUT2D eigenvalue weighted by molar-refractivity contribution is 6.08. The van der Waals surface area contributed by atoms with Crippen LogP contribution in [0.5, 0.6) is 0 Å². The molecule has 0 amide bonds. The Kier molecular flexibility index (Phi) is 3.09. The number of para-hydroxylation sites is 1. The smallest absolute Gasteiger partial charge is 0.332 e. The first-order valence-corrected chi connectivity index (χ1v) is 8.05. The van der Waals surface area contributed by atoms with Crippen LogP contribution in [0.1, 0.15) is 18.9 Å². The first-order valence-electron chi connectivity index (χ1n) is 8.05. The van der Waals surface area contributed by atoms with E-state index in [1.165, 1.54) is 7.05 Å². The van der Waals surface area contributed by atoms with Crippen LogP contribution < -0.4 is 11.2 Å². The number of aromatic amines is 1. The Morgan fingerprint density at radius 3 is 2.71 bits per heavy atom. The molecule has 0 bridgehead atoms. The van der Waals surface area contributed by atoms with Gasteiger partial charge < -0.3 is 4.98 Å². The largest absolute Gasteiger partial charge is 0.339 e. The highest BCUT2D eigenvalue weighted by atomic mass is 16.2. The lowest BCUT2D eigenvalue weighted by atomic mass is 10.1. The molecule has 0 aliphatic carbocycles. The zero-order chi connectivity index (χ0) is 17.0. The van der Waals surface area contributed by atoms with Crippen LogP contribution in [0.3, 0.4) is 0 Å². The predicted molar refractivity (Wildman–Crippen MR) is 95.6 cm³/mol. The number of rotatable bonds is 2. The van der Waals surface area contributed by atoms with E-state index in [-0.39, 0.29) is 11.2 Å². The SMILES string of the molecule is CCCn1c(=O)n(C)c(=O)c2c3nc4ccccc4c(C)c3[nH]c21. The molecule has 3 heterocycles. The van der Waals surface area contributed by atoms with E-state index in [1.807, 2.05) is 38.1 Å². The van der Waals surface area contributed by atoms with Gasteiger partial charge in [0, 0.05) is 19.0 Å². The molecule has 24 heavy (non-hydrogen) atoms. The van der Waals surface area contributed by atoms with Gasteiger partial charge in [0.2, 0.25) is 0 Å². The molecule has 1 aromatic carbocycles. The van der Waals surface area contributed by atoms with Crippen molar-refractivity contribution in [2.75, 3.05) is 0 Å². The Labute approximate surface area is 137 Å². The molecule has 0 aliphatic heterocycles. The average Bonchev–Trinajstić information content (AvgIpc) is 2.96. The molecule has 0 saturated carbocycles. The summed E-state index contributed by atoms with van der Waals surface area (Å²) < 4.78 is 2.79. The van der Waals surface area contributed by atoms with Crippen molar-refractivity contribution in [2.45, 2.75) is 26.8 Å². The second-order valence-corrected chi connectivity index (χ2v) is 6.12. The molecule has 0 aliphatic rings. The van der Waals surface area contributed by atoms with Crippen molar-refractivity contribution < 1.29 is 0 Å². The van der Waals surface area contributed by atoms with E-state index in [9.17, 15) is 9.59 Å². The maximum atomic E-state index is 12.7. The van der Waals surface area contributed by atoms with E-state index >= 15 is 0 Å². The van der Waals surface area contributed by atoms with Gasteiger partial charge in [-0.2, -0.15) is 0 Å². The summed E-state index contributed by atoms with van der Waals surface area (Å²) in [6, 6.07) is 7.85. The first-order chi connectivity index (χ1) is 11.5. The van der Waals surface area contributed by atoms with Crippen LogP contribution in [-0.2, 0) is 13.6 Å². The molecule has 4 rings (SSSR count). The van der Waals surface area contributed by atoms with Crippen LogP contribution in [-0.4, -0.2) is 19.1 Å². The van der Waals surface area contributed by atoms with Crippen molar-refractivity contribution in [1.82, 2.24) is 19.1 Å². The monoisotopic (exact) mass is 322 g/mol. The number of benzene rings is 1. The van der Waals surface area contributed by atoms with Crippen LogP contribution in [0.15, 0.2) is 33.9 Å². The maximum Gasteiger partial charge on any atom is 0.332 e. The normalized spacial score (nSPS) is 11.8. The number of nitrogens with one attached hydrogen (secondary N) is 1. The van der Waals surface area contributed by atoms with Crippen molar-refractivity contribution >= 4 is 33.0 Å². The fraction of sp³-hybridized carbons (Fsp3) is 0.278. The minimum Gasteiger partial charge on any atom is -0.339 e. The highest BCUT2D eigenvalue weighted by Gasteiger charge is 2.19. The summed E-state index contributed by atoms with van der Waals surface area (Å²) in [7, 11) is 1.52. The number of nitrogens with zero attached hydrogens (tertiary/aromatic N) is 3. The van der Waals surface area contributed by atoms with Crippen molar-refractivity contribution in [3.63, 3.8) is 0 Å². The molecule has 4 aromatic rings. The second kappa shape index (κ2) is 5.06. The lowest BCUT2D eigenvalue weighted by molar-refractivity contribution is 0.612. The van der Waals surface area contributed by atoms with Crippen molar-refractivity contribution in [1.29, 1.82) is 0 Å². The predicted octanol–water partition coefficient (Wildman–Crippen LogP) is 2.45. The Morgan fingerprint density at radius 1 is 1.21 bits per heavy atom. The van der Waals surface area contributed by atoms with Crippen LogP contribution in [0.2, 0.25) is 0 Å². The number of fused-ring (bicyclic) bond motifs is 4. The molecule has 3 aromatic heterocycles. The van der Waals surface area contributed by atoms with Gasteiger partial charge in [0.05, 0.1) is 11.0 Å². The molecule has 0 fully saturated rings. The third-order valence-electron chi connectivity index (χ3n) is 4.62. The lowest BCUT2D eigenvalue weighted by Gasteiger charge is -2.07. The number of aromatic nitrogens is 4. The second-order valence-electron chi connectivity index (χ2n) is 6.12. The standard InChI is InChI=1S/C18H18N4O2/c1-4-9-22-16-13(17(23)21(3)18(22)24)15-14(20-16)10(2)11-7-5-6-8-12(11)19-15/h5-8,20H,4,9H2,1-3H3. The van der Waals surface area contributed by atoms with Gasteiger partial charge in [-0.25, -0.2) is 9.78 Å². The topological polar surface area (TPSA) is 72.7 Å². The van der Waals surface area contributed by atoms with Gasteiger partial charge in [0.25, 0.3) is 5.56 Å². The molecular weight excluding hydrogens is 304 g/mol. The number of pyridine rings is 1. The molecule has 1 N–H and O–H groups in total. The van der Waals surface area contributed by atoms with Gasteiger partial charge in [-0.3, -0.25) is 13.9 Å². The zero-order valence-corrected chi connectivity index (χ0v) is 13.9. The van der Waals surface area contributed by atoms with Gasteiger partial charge in [-0.1, -0.05) is 25.1 Å². The van der Waals surface area contributed by atoms with Crippen molar-refractivity contribution in [2.24, 2.45) is 7.05 Å². The summed E-state index contributed by atoms with van der Waals surface area (Å²) in [6.07, 6.45) is 0.803.